The average molecular weight is 482 g/mol. The first-order valence-corrected chi connectivity index (χ1v) is 12.4. The number of nitrogens with one attached hydrogen (secondary N) is 2. The molecule has 36 heavy (non-hydrogen) atoms. The van der Waals surface area contributed by atoms with Crippen LogP contribution in [0.5, 0.6) is 17.2 Å². The van der Waals surface area contributed by atoms with Crippen LogP contribution >= 0.6 is 0 Å². The largest absolute Gasteiger partial charge is 0.504 e. The Morgan fingerprint density at radius 3 is 2.78 bits per heavy atom. The van der Waals surface area contributed by atoms with Crippen molar-refractivity contribution in [3.8, 4) is 17.2 Å². The summed E-state index contributed by atoms with van der Waals surface area (Å²) < 4.78 is 13.9. The maximum Gasteiger partial charge on any atom is 0.326 e. The molecule has 182 valence electrons. The molecule has 8 nitrogen and oxygen atoms in total. The van der Waals surface area contributed by atoms with Gasteiger partial charge in [0, 0.05) is 29.2 Å². The summed E-state index contributed by atoms with van der Waals surface area (Å²) in [6.07, 6.45) is 7.73. The molecule has 3 heterocycles. The van der Waals surface area contributed by atoms with E-state index in [4.69, 9.17) is 16.0 Å². The molecule has 1 amide bonds. The third kappa shape index (κ3) is 4.58. The Kier molecular flexibility index (Phi) is 5.91. The van der Waals surface area contributed by atoms with E-state index in [9.17, 15) is 4.79 Å². The molecule has 0 spiro atoms. The Morgan fingerprint density at radius 1 is 1.11 bits per heavy atom. The fraction of sp³-hybridized carbons (Fsp3) is 0.321. The topological polar surface area (TPSA) is 81.8 Å². The molecule has 2 N–H and O–H groups in total. The van der Waals surface area contributed by atoms with Crippen LogP contribution in [0.2, 0.25) is 0 Å². The third-order valence-electron chi connectivity index (χ3n) is 6.85. The SMILES string of the molecule is [C-]#[N+]c1cc2c(Oc3ccc4c(ccn4C(=O)NC4CC4)c3)ccnc2cc1OCC1CCNCC1. The van der Waals surface area contributed by atoms with E-state index in [1.54, 1.807) is 29.1 Å². The molecular formula is C28H27N5O3. The molecule has 1 aliphatic heterocycles. The number of carbonyl (C=O) groups is 1. The average Bonchev–Trinajstić information content (AvgIpc) is 3.62. The predicted octanol–water partition coefficient (Wildman–Crippen LogP) is 5.63. The normalized spacial score (nSPS) is 16.1. The van der Waals surface area contributed by atoms with Crippen LogP contribution < -0.4 is 20.1 Å². The molecular weight excluding hydrogens is 454 g/mol. The van der Waals surface area contributed by atoms with Gasteiger partial charge in [-0.25, -0.2) is 9.64 Å². The van der Waals surface area contributed by atoms with Crippen LogP contribution in [0.3, 0.4) is 0 Å². The number of pyridine rings is 1. The van der Waals surface area contributed by atoms with E-state index in [1.807, 2.05) is 30.3 Å². The van der Waals surface area contributed by atoms with Gasteiger partial charge in [0.15, 0.2) is 0 Å². The third-order valence-corrected chi connectivity index (χ3v) is 6.85. The number of fused-ring (bicyclic) bond motifs is 2. The summed E-state index contributed by atoms with van der Waals surface area (Å²) in [5, 5.41) is 8.04. The Balaban J connectivity index is 1.25. The molecule has 8 heteroatoms. The Bertz CT molecular complexity index is 1480. The van der Waals surface area contributed by atoms with Gasteiger partial charge in [0.2, 0.25) is 5.69 Å². The zero-order valence-corrected chi connectivity index (χ0v) is 19.9. The monoisotopic (exact) mass is 481 g/mol. The quantitative estimate of drug-likeness (QED) is 0.349. The van der Waals surface area contributed by atoms with Gasteiger partial charge in [0.25, 0.3) is 0 Å². The Hall–Kier alpha value is -4.09. The van der Waals surface area contributed by atoms with E-state index >= 15 is 0 Å². The van der Waals surface area contributed by atoms with Gasteiger partial charge in [0.05, 0.1) is 24.2 Å². The minimum atomic E-state index is -0.105. The summed E-state index contributed by atoms with van der Waals surface area (Å²) in [6.45, 7) is 10.3. The van der Waals surface area contributed by atoms with Crippen LogP contribution in [-0.4, -0.2) is 41.3 Å². The lowest BCUT2D eigenvalue weighted by molar-refractivity contribution is 0.216. The van der Waals surface area contributed by atoms with Crippen molar-refractivity contribution in [2.24, 2.45) is 5.92 Å². The van der Waals surface area contributed by atoms with Crippen molar-refractivity contribution < 1.29 is 14.3 Å². The Morgan fingerprint density at radius 2 is 1.97 bits per heavy atom. The molecule has 1 saturated heterocycles. The van der Waals surface area contributed by atoms with Crippen molar-refractivity contribution in [2.75, 3.05) is 19.7 Å². The summed E-state index contributed by atoms with van der Waals surface area (Å²) in [7, 11) is 0. The number of rotatable bonds is 6. The maximum absolute atomic E-state index is 12.5. The summed E-state index contributed by atoms with van der Waals surface area (Å²) >= 11 is 0. The molecule has 2 aromatic heterocycles. The number of amides is 1. The van der Waals surface area contributed by atoms with Gasteiger partial charge in [-0.05, 0) is 87.2 Å². The summed E-state index contributed by atoms with van der Waals surface area (Å²) in [5.41, 5.74) is 1.98. The van der Waals surface area contributed by atoms with Crippen LogP contribution in [0.25, 0.3) is 26.7 Å². The number of hydrogen-bond donors (Lipinski definition) is 2. The fourth-order valence-corrected chi connectivity index (χ4v) is 4.64. The van der Waals surface area contributed by atoms with Crippen molar-refractivity contribution in [2.45, 2.75) is 31.7 Å². The highest BCUT2D eigenvalue weighted by Gasteiger charge is 2.24. The van der Waals surface area contributed by atoms with Crippen LogP contribution in [0.4, 0.5) is 10.5 Å². The standard InChI is InChI=1S/C28H27N5O3/c1-29-24-15-22-23(16-27(24)35-17-18-6-10-30-11-7-18)31-12-8-26(22)36-21-4-5-25-19(14-21)9-13-33(25)28(34)32-20-2-3-20/h4-5,8-9,12-16,18,20,30H,2-3,6-7,10-11,17H2,(H,32,34). The second-order valence-electron chi connectivity index (χ2n) is 9.49. The molecule has 2 aliphatic rings. The molecule has 6 rings (SSSR count). The van der Waals surface area contributed by atoms with Gasteiger partial charge in [-0.2, -0.15) is 0 Å². The second kappa shape index (κ2) is 9.51. The molecule has 0 unspecified atom stereocenters. The molecule has 1 saturated carbocycles. The zero-order valence-electron chi connectivity index (χ0n) is 19.9. The van der Waals surface area contributed by atoms with Crippen LogP contribution in [0, 0.1) is 12.5 Å². The first kappa shape index (κ1) is 22.4. The van der Waals surface area contributed by atoms with Gasteiger partial charge in [-0.15, -0.1) is 0 Å². The molecule has 0 bridgehead atoms. The first-order valence-electron chi connectivity index (χ1n) is 12.4. The number of ether oxygens (including phenoxy) is 2. The number of benzene rings is 2. The number of nitrogens with zero attached hydrogens (tertiary/aromatic N) is 3. The lowest BCUT2D eigenvalue weighted by atomic mass is 9.99. The highest BCUT2D eigenvalue weighted by atomic mass is 16.5. The van der Waals surface area contributed by atoms with E-state index in [-0.39, 0.29) is 6.03 Å². The lowest BCUT2D eigenvalue weighted by Gasteiger charge is -2.23. The molecule has 4 aromatic rings. The van der Waals surface area contributed by atoms with E-state index in [2.05, 4.69) is 20.5 Å². The molecule has 2 fully saturated rings. The summed E-state index contributed by atoms with van der Waals surface area (Å²) in [4.78, 5) is 20.7. The number of piperidine rings is 1. The maximum atomic E-state index is 12.5. The fourth-order valence-electron chi connectivity index (χ4n) is 4.64. The lowest BCUT2D eigenvalue weighted by Crippen LogP contribution is -2.30. The molecule has 0 atom stereocenters. The van der Waals surface area contributed by atoms with Gasteiger partial charge >= 0.3 is 6.03 Å². The highest BCUT2D eigenvalue weighted by molar-refractivity contribution is 5.93. The van der Waals surface area contributed by atoms with E-state index in [1.165, 1.54) is 0 Å². The van der Waals surface area contributed by atoms with Crippen LogP contribution in [0.1, 0.15) is 25.7 Å². The van der Waals surface area contributed by atoms with Gasteiger partial charge < -0.3 is 20.1 Å². The first-order chi connectivity index (χ1) is 17.7. The van der Waals surface area contributed by atoms with E-state index in [0.717, 1.165) is 55.1 Å². The molecule has 1 aliphatic carbocycles. The van der Waals surface area contributed by atoms with Crippen molar-refractivity contribution >= 4 is 33.5 Å². The number of carbonyl (C=O) groups excluding carboxylic acids is 1. The van der Waals surface area contributed by atoms with Crippen molar-refractivity contribution in [1.82, 2.24) is 20.2 Å². The smallest absolute Gasteiger partial charge is 0.326 e. The number of aromatic nitrogens is 2. The van der Waals surface area contributed by atoms with Crippen LogP contribution in [-0.2, 0) is 0 Å². The minimum absolute atomic E-state index is 0.105. The van der Waals surface area contributed by atoms with E-state index < -0.39 is 0 Å². The Labute approximate surface area is 209 Å². The van der Waals surface area contributed by atoms with Crippen LogP contribution in [0.15, 0.2) is 54.9 Å². The second-order valence-corrected chi connectivity index (χ2v) is 9.49. The van der Waals surface area contributed by atoms with Gasteiger partial charge in [0.1, 0.15) is 17.2 Å². The van der Waals surface area contributed by atoms with Gasteiger partial charge in [-0.1, -0.05) is 0 Å². The highest BCUT2D eigenvalue weighted by Crippen LogP contribution is 2.38. The van der Waals surface area contributed by atoms with Crippen molar-refractivity contribution in [3.05, 3.63) is 66.3 Å². The minimum Gasteiger partial charge on any atom is -0.504 e. The molecule has 2 aromatic carbocycles. The summed E-state index contributed by atoms with van der Waals surface area (Å²) in [5.74, 6) is 2.31. The number of hydrogen-bond acceptors (Lipinski definition) is 5. The zero-order chi connectivity index (χ0) is 24.5. The summed E-state index contributed by atoms with van der Waals surface area (Å²) in [6, 6.07) is 13.2. The molecule has 0 radical (unpaired) electrons. The van der Waals surface area contributed by atoms with E-state index in [0.29, 0.717) is 47.0 Å². The van der Waals surface area contributed by atoms with Crippen molar-refractivity contribution in [3.63, 3.8) is 0 Å². The van der Waals surface area contributed by atoms with Gasteiger partial charge in [-0.3, -0.25) is 9.55 Å². The van der Waals surface area contributed by atoms with Crippen molar-refractivity contribution in [1.29, 1.82) is 0 Å². The predicted molar refractivity (Wildman–Crippen MR) is 138 cm³/mol.